The summed E-state index contributed by atoms with van der Waals surface area (Å²) in [5.74, 6) is 0.265. The van der Waals surface area contributed by atoms with Crippen LogP contribution in [-0.4, -0.2) is 23.5 Å². The summed E-state index contributed by atoms with van der Waals surface area (Å²) in [6.45, 7) is 0.957. The third kappa shape index (κ3) is 3.88. The molecule has 0 aliphatic carbocycles. The molecule has 1 atom stereocenters. The van der Waals surface area contributed by atoms with Crippen LogP contribution in [0.3, 0.4) is 0 Å². The number of nitrogens with two attached hydrogens (primary N) is 1. The monoisotopic (exact) mass is 343 g/mol. The molecule has 4 nitrogen and oxygen atoms in total. The maximum Gasteiger partial charge on any atom is 0.250 e. The molecule has 1 aromatic heterocycles. The van der Waals surface area contributed by atoms with E-state index in [9.17, 15) is 4.79 Å². The number of hydrogen-bond donors (Lipinski definition) is 1. The van der Waals surface area contributed by atoms with E-state index in [0.29, 0.717) is 16.6 Å². The Balaban J connectivity index is 1.64. The van der Waals surface area contributed by atoms with Crippen molar-refractivity contribution < 1.29 is 4.79 Å². The number of nitrogens with zero attached hydrogens (tertiary/aromatic N) is 2. The number of rotatable bonds is 6. The molecule has 1 amide bonds. The third-order valence-corrected chi connectivity index (χ3v) is 4.88. The highest BCUT2D eigenvalue weighted by molar-refractivity contribution is 6.33. The van der Waals surface area contributed by atoms with E-state index in [1.54, 1.807) is 6.07 Å². The van der Waals surface area contributed by atoms with Gasteiger partial charge in [-0.05, 0) is 43.7 Å². The van der Waals surface area contributed by atoms with Gasteiger partial charge in [0.05, 0.1) is 10.6 Å². The SMILES string of the molecule is NC(=O)c1cnc(N2CCCC2CCCc2ccccc2)c(Cl)c1. The molecule has 2 N–H and O–H groups in total. The highest BCUT2D eigenvalue weighted by Crippen LogP contribution is 2.32. The summed E-state index contributed by atoms with van der Waals surface area (Å²) in [6, 6.07) is 12.6. The van der Waals surface area contributed by atoms with Crippen LogP contribution in [0.4, 0.5) is 5.82 Å². The van der Waals surface area contributed by atoms with E-state index < -0.39 is 5.91 Å². The fraction of sp³-hybridized carbons (Fsp3) is 0.368. The van der Waals surface area contributed by atoms with Crippen molar-refractivity contribution in [1.82, 2.24) is 4.98 Å². The van der Waals surface area contributed by atoms with Crippen molar-refractivity contribution in [2.75, 3.05) is 11.4 Å². The van der Waals surface area contributed by atoms with Gasteiger partial charge in [-0.3, -0.25) is 4.79 Å². The number of carbonyl (C=O) groups is 1. The summed E-state index contributed by atoms with van der Waals surface area (Å²) in [4.78, 5) is 17.9. The van der Waals surface area contributed by atoms with Crippen LogP contribution in [0.15, 0.2) is 42.6 Å². The summed E-state index contributed by atoms with van der Waals surface area (Å²) < 4.78 is 0. The Hall–Kier alpha value is -2.07. The van der Waals surface area contributed by atoms with Crippen molar-refractivity contribution in [3.05, 3.63) is 58.7 Å². The first-order chi connectivity index (χ1) is 11.6. The number of benzene rings is 1. The molecule has 0 saturated carbocycles. The predicted molar refractivity (Wildman–Crippen MR) is 97.5 cm³/mol. The molecule has 24 heavy (non-hydrogen) atoms. The minimum Gasteiger partial charge on any atom is -0.366 e. The van der Waals surface area contributed by atoms with E-state index in [-0.39, 0.29) is 0 Å². The number of primary amides is 1. The van der Waals surface area contributed by atoms with Crippen LogP contribution in [0.5, 0.6) is 0 Å². The Morgan fingerprint density at radius 1 is 1.33 bits per heavy atom. The zero-order chi connectivity index (χ0) is 16.9. The number of amides is 1. The lowest BCUT2D eigenvalue weighted by Gasteiger charge is -2.26. The minimum atomic E-state index is -0.503. The van der Waals surface area contributed by atoms with E-state index in [2.05, 4.69) is 34.1 Å². The molecule has 3 rings (SSSR count). The van der Waals surface area contributed by atoms with Crippen molar-refractivity contribution in [3.63, 3.8) is 0 Å². The fourth-order valence-electron chi connectivity index (χ4n) is 3.38. The van der Waals surface area contributed by atoms with E-state index in [1.807, 2.05) is 6.07 Å². The zero-order valence-electron chi connectivity index (χ0n) is 13.6. The number of aryl methyl sites for hydroxylation is 1. The second-order valence-electron chi connectivity index (χ2n) is 6.26. The number of hydrogen-bond acceptors (Lipinski definition) is 3. The van der Waals surface area contributed by atoms with Gasteiger partial charge in [-0.15, -0.1) is 0 Å². The zero-order valence-corrected chi connectivity index (χ0v) is 14.4. The number of aromatic nitrogens is 1. The quantitative estimate of drug-likeness (QED) is 0.867. The van der Waals surface area contributed by atoms with Gasteiger partial charge in [0.25, 0.3) is 0 Å². The number of anilines is 1. The molecule has 2 heterocycles. The predicted octanol–water partition coefficient (Wildman–Crippen LogP) is 3.83. The van der Waals surface area contributed by atoms with Crippen LogP contribution >= 0.6 is 11.6 Å². The van der Waals surface area contributed by atoms with Gasteiger partial charge in [0, 0.05) is 18.8 Å². The Labute approximate surface area is 147 Å². The van der Waals surface area contributed by atoms with Crippen LogP contribution in [0.2, 0.25) is 5.02 Å². The standard InChI is InChI=1S/C19H22ClN3O/c20-17-12-15(18(21)24)13-22-19(17)23-11-5-10-16(23)9-4-8-14-6-2-1-3-7-14/h1-3,6-7,12-13,16H,4-5,8-11H2,(H2,21,24). The second-order valence-corrected chi connectivity index (χ2v) is 6.67. The van der Waals surface area contributed by atoms with Crippen molar-refractivity contribution in [2.45, 2.75) is 38.1 Å². The van der Waals surface area contributed by atoms with Crippen LogP contribution in [-0.2, 0) is 6.42 Å². The van der Waals surface area contributed by atoms with Crippen LogP contribution in [0.25, 0.3) is 0 Å². The Morgan fingerprint density at radius 2 is 2.12 bits per heavy atom. The van der Waals surface area contributed by atoms with Crippen molar-refractivity contribution >= 4 is 23.3 Å². The largest absolute Gasteiger partial charge is 0.366 e. The molecule has 0 radical (unpaired) electrons. The molecule has 0 bridgehead atoms. The third-order valence-electron chi connectivity index (χ3n) is 4.60. The lowest BCUT2D eigenvalue weighted by molar-refractivity contribution is 0.1000. The molecule has 1 saturated heterocycles. The van der Waals surface area contributed by atoms with Crippen LogP contribution < -0.4 is 10.6 Å². The Morgan fingerprint density at radius 3 is 2.83 bits per heavy atom. The molecule has 2 aromatic rings. The first kappa shape index (κ1) is 16.8. The number of carbonyl (C=O) groups excluding carboxylic acids is 1. The first-order valence-electron chi connectivity index (χ1n) is 8.41. The van der Waals surface area contributed by atoms with Gasteiger partial charge in [-0.25, -0.2) is 4.98 Å². The maximum absolute atomic E-state index is 11.2. The van der Waals surface area contributed by atoms with Gasteiger partial charge < -0.3 is 10.6 Å². The molecule has 1 unspecified atom stereocenters. The summed E-state index contributed by atoms with van der Waals surface area (Å²) in [5.41, 5.74) is 7.01. The van der Waals surface area contributed by atoms with E-state index >= 15 is 0 Å². The highest BCUT2D eigenvalue weighted by Gasteiger charge is 2.27. The molecule has 0 spiro atoms. The molecule has 5 heteroatoms. The average Bonchev–Trinajstić information content (AvgIpc) is 3.04. The van der Waals surface area contributed by atoms with Gasteiger partial charge in [0.15, 0.2) is 0 Å². The summed E-state index contributed by atoms with van der Waals surface area (Å²) >= 11 is 6.34. The first-order valence-corrected chi connectivity index (χ1v) is 8.79. The molecular weight excluding hydrogens is 322 g/mol. The molecule has 1 fully saturated rings. The van der Waals surface area contributed by atoms with Gasteiger partial charge >= 0.3 is 0 Å². The molecule has 1 aliphatic rings. The van der Waals surface area contributed by atoms with Crippen LogP contribution in [0.1, 0.15) is 41.6 Å². The van der Waals surface area contributed by atoms with Crippen LogP contribution in [0, 0.1) is 0 Å². The summed E-state index contributed by atoms with van der Waals surface area (Å²) in [6.07, 6.45) is 7.17. The van der Waals surface area contributed by atoms with Crippen molar-refractivity contribution in [3.8, 4) is 0 Å². The van der Waals surface area contributed by atoms with E-state index in [0.717, 1.165) is 44.5 Å². The molecule has 126 valence electrons. The molecule has 1 aliphatic heterocycles. The molecule has 1 aromatic carbocycles. The molecular formula is C19H22ClN3O. The lowest BCUT2D eigenvalue weighted by Crippen LogP contribution is -2.30. The minimum absolute atomic E-state index is 0.351. The van der Waals surface area contributed by atoms with Gasteiger partial charge in [0.2, 0.25) is 5.91 Å². The summed E-state index contributed by atoms with van der Waals surface area (Å²) in [5, 5.41) is 0.501. The fourth-order valence-corrected chi connectivity index (χ4v) is 3.65. The van der Waals surface area contributed by atoms with Gasteiger partial charge in [-0.1, -0.05) is 41.9 Å². The topological polar surface area (TPSA) is 59.2 Å². The Kier molecular flexibility index (Phi) is 5.36. The van der Waals surface area contributed by atoms with Crippen molar-refractivity contribution in [1.29, 1.82) is 0 Å². The number of pyridine rings is 1. The summed E-state index contributed by atoms with van der Waals surface area (Å²) in [7, 11) is 0. The normalized spacial score (nSPS) is 17.2. The lowest BCUT2D eigenvalue weighted by atomic mass is 10.0. The Bertz CT molecular complexity index is 705. The van der Waals surface area contributed by atoms with Gasteiger partial charge in [0.1, 0.15) is 5.82 Å². The van der Waals surface area contributed by atoms with E-state index in [1.165, 1.54) is 11.8 Å². The second kappa shape index (κ2) is 7.67. The smallest absolute Gasteiger partial charge is 0.250 e. The number of halogens is 1. The maximum atomic E-state index is 11.2. The van der Waals surface area contributed by atoms with Crippen molar-refractivity contribution in [2.24, 2.45) is 5.73 Å². The van der Waals surface area contributed by atoms with Gasteiger partial charge in [-0.2, -0.15) is 0 Å². The van der Waals surface area contributed by atoms with E-state index in [4.69, 9.17) is 17.3 Å². The average molecular weight is 344 g/mol. The highest BCUT2D eigenvalue weighted by atomic mass is 35.5.